The first-order valence-corrected chi connectivity index (χ1v) is 13.6. The SMILES string of the molecule is Cc1c(NC(=O)C(C)OC(=O)c2cccc(S(=O)(=O)Nc3ccc([N+](=O)[O-])cc3)c2)c(=O)n(-c2ccccc2)n1C. The summed E-state index contributed by atoms with van der Waals surface area (Å²) >= 11 is 0. The number of nitrogens with one attached hydrogen (secondary N) is 2. The van der Waals surface area contributed by atoms with E-state index in [9.17, 15) is 32.9 Å². The lowest BCUT2D eigenvalue weighted by atomic mass is 10.2. The van der Waals surface area contributed by atoms with Crippen LogP contribution in [0.25, 0.3) is 5.69 Å². The molecule has 0 aliphatic carbocycles. The second-order valence-corrected chi connectivity index (χ2v) is 10.6. The van der Waals surface area contributed by atoms with Crippen molar-refractivity contribution in [2.24, 2.45) is 7.05 Å². The molecule has 1 heterocycles. The number of hydrogen-bond donors (Lipinski definition) is 2. The molecule has 1 atom stereocenters. The molecule has 4 aromatic rings. The van der Waals surface area contributed by atoms with Crippen molar-refractivity contribution in [2.45, 2.75) is 24.8 Å². The molecule has 212 valence electrons. The van der Waals surface area contributed by atoms with Crippen LogP contribution in [0.5, 0.6) is 0 Å². The maximum Gasteiger partial charge on any atom is 0.338 e. The van der Waals surface area contributed by atoms with Crippen molar-refractivity contribution in [1.29, 1.82) is 0 Å². The molecule has 13 nitrogen and oxygen atoms in total. The summed E-state index contributed by atoms with van der Waals surface area (Å²) < 4.78 is 36.2. The summed E-state index contributed by atoms with van der Waals surface area (Å²) in [6.07, 6.45) is -1.33. The molecule has 1 unspecified atom stereocenters. The molecule has 0 aliphatic heterocycles. The zero-order chi connectivity index (χ0) is 29.9. The van der Waals surface area contributed by atoms with Gasteiger partial charge in [0.05, 0.1) is 26.8 Å². The summed E-state index contributed by atoms with van der Waals surface area (Å²) in [5.41, 5.74) is 0.358. The van der Waals surface area contributed by atoms with E-state index in [2.05, 4.69) is 10.0 Å². The van der Waals surface area contributed by atoms with Gasteiger partial charge in [-0.1, -0.05) is 24.3 Å². The molecule has 41 heavy (non-hydrogen) atoms. The number of aromatic nitrogens is 2. The number of hydrogen-bond acceptors (Lipinski definition) is 8. The fourth-order valence-electron chi connectivity index (χ4n) is 3.87. The number of non-ortho nitro benzene ring substituents is 1. The molecule has 0 saturated heterocycles. The van der Waals surface area contributed by atoms with E-state index in [-0.39, 0.29) is 27.5 Å². The normalized spacial score (nSPS) is 11.9. The Morgan fingerprint density at radius 3 is 2.29 bits per heavy atom. The first-order chi connectivity index (χ1) is 19.4. The maximum atomic E-state index is 13.0. The third-order valence-electron chi connectivity index (χ3n) is 6.17. The number of ether oxygens (including phenoxy) is 1. The van der Waals surface area contributed by atoms with E-state index in [0.717, 1.165) is 18.2 Å². The van der Waals surface area contributed by atoms with E-state index in [0.29, 0.717) is 11.4 Å². The van der Waals surface area contributed by atoms with Gasteiger partial charge < -0.3 is 10.1 Å². The highest BCUT2D eigenvalue weighted by Crippen LogP contribution is 2.21. The number of sulfonamides is 1. The fraction of sp³-hybridized carbons (Fsp3) is 0.148. The molecule has 0 radical (unpaired) electrons. The standard InChI is InChI=1S/C27H25N5O8S/c1-17-24(26(34)31(30(17)3)21-9-5-4-6-10-21)28-25(33)18(2)40-27(35)19-8-7-11-23(16-19)41(38,39)29-20-12-14-22(15-13-20)32(36)37/h4-16,18,29H,1-3H3,(H,28,33). The third-order valence-corrected chi connectivity index (χ3v) is 7.54. The minimum absolute atomic E-state index is 0.0228. The number of carbonyl (C=O) groups is 2. The van der Waals surface area contributed by atoms with Crippen LogP contribution in [-0.4, -0.2) is 40.7 Å². The number of rotatable bonds is 9. The first kappa shape index (κ1) is 28.8. The predicted molar refractivity (Wildman–Crippen MR) is 150 cm³/mol. The highest BCUT2D eigenvalue weighted by atomic mass is 32.2. The molecule has 0 aliphatic rings. The van der Waals surface area contributed by atoms with Gasteiger partial charge in [-0.2, -0.15) is 0 Å². The number of para-hydroxylation sites is 1. The Bertz CT molecular complexity index is 1800. The van der Waals surface area contributed by atoms with Gasteiger partial charge >= 0.3 is 5.97 Å². The van der Waals surface area contributed by atoms with E-state index in [1.54, 1.807) is 42.9 Å². The number of anilines is 2. The number of nitro benzene ring substituents is 1. The molecule has 0 bridgehead atoms. The van der Waals surface area contributed by atoms with Gasteiger partial charge in [0.25, 0.3) is 27.2 Å². The van der Waals surface area contributed by atoms with Crippen LogP contribution in [0.1, 0.15) is 23.0 Å². The van der Waals surface area contributed by atoms with Crippen molar-refractivity contribution in [3.8, 4) is 5.69 Å². The topological polar surface area (TPSA) is 172 Å². The fourth-order valence-corrected chi connectivity index (χ4v) is 4.98. The van der Waals surface area contributed by atoms with Crippen molar-refractivity contribution in [3.63, 3.8) is 0 Å². The monoisotopic (exact) mass is 579 g/mol. The molecule has 3 aromatic carbocycles. The molecule has 0 fully saturated rings. The van der Waals surface area contributed by atoms with Crippen LogP contribution in [0.2, 0.25) is 0 Å². The minimum atomic E-state index is -4.17. The van der Waals surface area contributed by atoms with Gasteiger partial charge in [-0.05, 0) is 56.3 Å². The number of nitro groups is 1. The highest BCUT2D eigenvalue weighted by Gasteiger charge is 2.25. The number of esters is 1. The molecule has 0 spiro atoms. The van der Waals surface area contributed by atoms with E-state index < -0.39 is 38.5 Å². The van der Waals surface area contributed by atoms with Crippen LogP contribution in [0, 0.1) is 17.0 Å². The van der Waals surface area contributed by atoms with Crippen molar-refractivity contribution in [3.05, 3.63) is 111 Å². The first-order valence-electron chi connectivity index (χ1n) is 12.1. The summed E-state index contributed by atoms with van der Waals surface area (Å²) in [6, 6.07) is 18.6. The molecule has 1 amide bonds. The van der Waals surface area contributed by atoms with Crippen molar-refractivity contribution in [2.75, 3.05) is 10.0 Å². The lowest BCUT2D eigenvalue weighted by Crippen LogP contribution is -2.32. The predicted octanol–water partition coefficient (Wildman–Crippen LogP) is 3.38. The van der Waals surface area contributed by atoms with Gasteiger partial charge in [0.2, 0.25) is 0 Å². The minimum Gasteiger partial charge on any atom is -0.449 e. The van der Waals surface area contributed by atoms with Crippen molar-refractivity contribution in [1.82, 2.24) is 9.36 Å². The molecule has 2 N–H and O–H groups in total. The van der Waals surface area contributed by atoms with E-state index in [1.165, 1.54) is 41.9 Å². The second-order valence-electron chi connectivity index (χ2n) is 8.91. The smallest absolute Gasteiger partial charge is 0.338 e. The number of carbonyl (C=O) groups excluding carboxylic acids is 2. The Balaban J connectivity index is 1.46. The van der Waals surface area contributed by atoms with Crippen LogP contribution < -0.4 is 15.6 Å². The average Bonchev–Trinajstić information content (AvgIpc) is 3.16. The highest BCUT2D eigenvalue weighted by molar-refractivity contribution is 7.92. The van der Waals surface area contributed by atoms with E-state index >= 15 is 0 Å². The Morgan fingerprint density at radius 2 is 1.66 bits per heavy atom. The Hall–Kier alpha value is -5.24. The molecular formula is C27H25N5O8S. The molecule has 1 aromatic heterocycles. The lowest BCUT2D eigenvalue weighted by Gasteiger charge is -2.14. The van der Waals surface area contributed by atoms with Gasteiger partial charge in [-0.3, -0.25) is 29.1 Å². The van der Waals surface area contributed by atoms with Crippen LogP contribution in [0.4, 0.5) is 17.1 Å². The summed E-state index contributed by atoms with van der Waals surface area (Å²) in [4.78, 5) is 48.6. The molecule has 0 saturated carbocycles. The number of nitrogens with zero attached hydrogens (tertiary/aromatic N) is 3. The summed E-state index contributed by atoms with van der Waals surface area (Å²) in [5, 5.41) is 13.3. The summed E-state index contributed by atoms with van der Waals surface area (Å²) in [5.74, 6) is -1.72. The zero-order valence-electron chi connectivity index (χ0n) is 22.1. The molecule has 14 heteroatoms. The maximum absolute atomic E-state index is 13.0. The van der Waals surface area contributed by atoms with Gasteiger partial charge in [-0.25, -0.2) is 17.9 Å². The van der Waals surface area contributed by atoms with E-state index in [4.69, 9.17) is 4.74 Å². The van der Waals surface area contributed by atoms with Crippen molar-refractivity contribution < 1.29 is 27.7 Å². The van der Waals surface area contributed by atoms with Crippen LogP contribution in [0.15, 0.2) is 88.6 Å². The van der Waals surface area contributed by atoms with Crippen LogP contribution in [0.3, 0.4) is 0 Å². The van der Waals surface area contributed by atoms with Gasteiger partial charge in [0, 0.05) is 24.9 Å². The quantitative estimate of drug-likeness (QED) is 0.173. The Labute approximate surface area is 234 Å². The van der Waals surface area contributed by atoms with Crippen molar-refractivity contribution >= 4 is 39.0 Å². The summed E-state index contributed by atoms with van der Waals surface area (Å²) in [6.45, 7) is 2.97. The Kier molecular flexibility index (Phi) is 8.05. The third kappa shape index (κ3) is 6.17. The van der Waals surface area contributed by atoms with Gasteiger partial charge in [0.1, 0.15) is 5.69 Å². The Morgan fingerprint density at radius 1 is 1.00 bits per heavy atom. The average molecular weight is 580 g/mol. The zero-order valence-corrected chi connectivity index (χ0v) is 22.9. The van der Waals surface area contributed by atoms with Gasteiger partial charge in [0.15, 0.2) is 6.10 Å². The molecule has 4 rings (SSSR count). The molecular weight excluding hydrogens is 554 g/mol. The summed E-state index contributed by atoms with van der Waals surface area (Å²) in [7, 11) is -2.50. The largest absolute Gasteiger partial charge is 0.449 e. The number of amides is 1. The van der Waals surface area contributed by atoms with E-state index in [1.807, 2.05) is 6.07 Å². The van der Waals surface area contributed by atoms with Crippen LogP contribution >= 0.6 is 0 Å². The van der Waals surface area contributed by atoms with Gasteiger partial charge in [-0.15, -0.1) is 0 Å². The second kappa shape index (κ2) is 11.5. The number of benzene rings is 3. The van der Waals surface area contributed by atoms with Crippen LogP contribution in [-0.2, 0) is 26.6 Å². The lowest BCUT2D eigenvalue weighted by molar-refractivity contribution is -0.384.